The number of benzene rings is 2. The van der Waals surface area contributed by atoms with Crippen LogP contribution < -0.4 is 25.6 Å². The van der Waals surface area contributed by atoms with E-state index in [1.807, 2.05) is 13.0 Å². The molecule has 2 aromatic carbocycles. The first-order valence-corrected chi connectivity index (χ1v) is 10.6. The van der Waals surface area contributed by atoms with Gasteiger partial charge >= 0.3 is 12.6 Å². The van der Waals surface area contributed by atoms with Crippen LogP contribution in [0.25, 0.3) is 0 Å². The molecule has 2 amide bonds. The van der Waals surface area contributed by atoms with E-state index in [4.69, 9.17) is 0 Å². The van der Waals surface area contributed by atoms with Gasteiger partial charge < -0.3 is 25.6 Å². The Balaban J connectivity index is 1.35. The first kappa shape index (κ1) is 22.3. The van der Waals surface area contributed by atoms with Crippen LogP contribution in [0.2, 0.25) is 0 Å². The molecule has 1 aromatic heterocycles. The smallest absolute Gasteiger partial charge is 0.387 e. The number of urea groups is 1. The summed E-state index contributed by atoms with van der Waals surface area (Å²) in [4.78, 5) is 23.6. The number of rotatable bonds is 7. The molecule has 0 spiro atoms. The second-order valence-corrected chi connectivity index (χ2v) is 7.57. The summed E-state index contributed by atoms with van der Waals surface area (Å²) in [5, 5.41) is 8.47. The number of amides is 2. The number of anilines is 5. The van der Waals surface area contributed by atoms with Crippen molar-refractivity contribution in [2.75, 3.05) is 33.9 Å². The number of halogens is 2. The maximum Gasteiger partial charge on any atom is 0.387 e. The minimum atomic E-state index is -2.93. The van der Waals surface area contributed by atoms with Crippen LogP contribution in [0, 0.1) is 6.92 Å². The number of carbonyl (C=O) groups is 1. The summed E-state index contributed by atoms with van der Waals surface area (Å²) >= 11 is 0. The SMILES string of the molecule is Cc1cc(N2CCCC2)nc(Nc2ccc(NC(=O)Nc3cccc(OC(F)F)c3)cc2)n1. The summed E-state index contributed by atoms with van der Waals surface area (Å²) in [6.45, 7) is 1.01. The molecule has 1 saturated heterocycles. The number of hydrogen-bond acceptors (Lipinski definition) is 6. The van der Waals surface area contributed by atoms with Gasteiger partial charge in [-0.05, 0) is 56.2 Å². The zero-order valence-electron chi connectivity index (χ0n) is 18.0. The molecule has 3 N–H and O–H groups in total. The van der Waals surface area contributed by atoms with E-state index in [1.165, 1.54) is 31.0 Å². The molecule has 3 aromatic rings. The topological polar surface area (TPSA) is 91.4 Å². The highest BCUT2D eigenvalue weighted by molar-refractivity contribution is 5.99. The summed E-state index contributed by atoms with van der Waals surface area (Å²) in [5.74, 6) is 1.39. The van der Waals surface area contributed by atoms with Gasteiger partial charge in [0, 0.05) is 48.0 Å². The molecule has 4 rings (SSSR count). The second-order valence-electron chi connectivity index (χ2n) is 7.57. The van der Waals surface area contributed by atoms with Crippen molar-refractivity contribution in [3.05, 3.63) is 60.3 Å². The third kappa shape index (κ3) is 6.28. The molecule has 1 fully saturated rings. The van der Waals surface area contributed by atoms with Gasteiger partial charge in [-0.15, -0.1) is 0 Å². The van der Waals surface area contributed by atoms with Gasteiger partial charge in [-0.1, -0.05) is 6.07 Å². The van der Waals surface area contributed by atoms with Crippen molar-refractivity contribution in [1.82, 2.24) is 9.97 Å². The number of hydrogen-bond donors (Lipinski definition) is 3. The molecule has 2 heterocycles. The summed E-state index contributed by atoms with van der Waals surface area (Å²) in [6.07, 6.45) is 2.34. The Morgan fingerprint density at radius 1 is 0.970 bits per heavy atom. The molecule has 0 radical (unpaired) electrons. The van der Waals surface area contributed by atoms with E-state index in [0.29, 0.717) is 17.3 Å². The van der Waals surface area contributed by atoms with E-state index >= 15 is 0 Å². The predicted octanol–water partition coefficient (Wildman–Crippen LogP) is 5.37. The van der Waals surface area contributed by atoms with Crippen molar-refractivity contribution in [3.63, 3.8) is 0 Å². The molecule has 10 heteroatoms. The van der Waals surface area contributed by atoms with Gasteiger partial charge in [0.15, 0.2) is 0 Å². The van der Waals surface area contributed by atoms with Gasteiger partial charge in [0.1, 0.15) is 11.6 Å². The van der Waals surface area contributed by atoms with Crippen molar-refractivity contribution in [2.24, 2.45) is 0 Å². The largest absolute Gasteiger partial charge is 0.435 e. The average Bonchev–Trinajstić information content (AvgIpc) is 3.29. The second kappa shape index (κ2) is 10.1. The van der Waals surface area contributed by atoms with Crippen LogP contribution in [-0.4, -0.2) is 35.7 Å². The molecule has 1 aliphatic heterocycles. The van der Waals surface area contributed by atoms with Crippen molar-refractivity contribution in [1.29, 1.82) is 0 Å². The summed E-state index contributed by atoms with van der Waals surface area (Å²) in [6, 6.07) is 14.3. The Kier molecular flexibility index (Phi) is 6.82. The highest BCUT2D eigenvalue weighted by atomic mass is 19.3. The number of aryl methyl sites for hydroxylation is 1. The van der Waals surface area contributed by atoms with Crippen molar-refractivity contribution < 1.29 is 18.3 Å². The molecule has 172 valence electrons. The van der Waals surface area contributed by atoms with Crippen LogP contribution >= 0.6 is 0 Å². The standard InChI is InChI=1S/C23H24F2N6O2/c1-15-13-20(31-11-2-3-12-31)30-22(26-15)27-16-7-9-17(10-8-16)28-23(32)29-18-5-4-6-19(14-18)33-21(24)25/h4-10,13-14,21H,2-3,11-12H2,1H3,(H,26,27,30)(H2,28,29,32). The van der Waals surface area contributed by atoms with Crippen LogP contribution in [0.4, 0.5) is 42.4 Å². The Bertz CT molecular complexity index is 1100. The number of aromatic nitrogens is 2. The number of ether oxygens (including phenoxy) is 1. The lowest BCUT2D eigenvalue weighted by molar-refractivity contribution is -0.0498. The van der Waals surface area contributed by atoms with E-state index in [1.54, 1.807) is 30.3 Å². The highest BCUT2D eigenvalue weighted by Gasteiger charge is 2.15. The summed E-state index contributed by atoms with van der Waals surface area (Å²) < 4.78 is 29.0. The van der Waals surface area contributed by atoms with Gasteiger partial charge in [0.25, 0.3) is 0 Å². The van der Waals surface area contributed by atoms with Crippen LogP contribution in [0.1, 0.15) is 18.5 Å². The lowest BCUT2D eigenvalue weighted by Crippen LogP contribution is -2.20. The minimum Gasteiger partial charge on any atom is -0.435 e. The van der Waals surface area contributed by atoms with Gasteiger partial charge in [-0.2, -0.15) is 13.8 Å². The van der Waals surface area contributed by atoms with Crippen LogP contribution in [0.5, 0.6) is 5.75 Å². The number of nitrogens with one attached hydrogen (secondary N) is 3. The molecule has 8 nitrogen and oxygen atoms in total. The van der Waals surface area contributed by atoms with Crippen molar-refractivity contribution in [3.8, 4) is 5.75 Å². The highest BCUT2D eigenvalue weighted by Crippen LogP contribution is 2.23. The Morgan fingerprint density at radius 2 is 1.67 bits per heavy atom. The average molecular weight is 454 g/mol. The third-order valence-corrected chi connectivity index (χ3v) is 4.99. The minimum absolute atomic E-state index is 0.0375. The van der Waals surface area contributed by atoms with E-state index in [2.05, 4.69) is 35.6 Å². The monoisotopic (exact) mass is 454 g/mol. The van der Waals surface area contributed by atoms with E-state index in [0.717, 1.165) is 30.3 Å². The summed E-state index contributed by atoms with van der Waals surface area (Å²) in [7, 11) is 0. The van der Waals surface area contributed by atoms with Crippen LogP contribution in [0.3, 0.4) is 0 Å². The fraction of sp³-hybridized carbons (Fsp3) is 0.261. The quantitative estimate of drug-likeness (QED) is 0.444. The fourth-order valence-corrected chi connectivity index (χ4v) is 3.53. The normalized spacial score (nSPS) is 13.2. The Hall–Kier alpha value is -3.95. The molecular weight excluding hydrogens is 430 g/mol. The van der Waals surface area contributed by atoms with E-state index in [9.17, 15) is 13.6 Å². The lowest BCUT2D eigenvalue weighted by atomic mass is 10.3. The predicted molar refractivity (Wildman–Crippen MR) is 124 cm³/mol. The lowest BCUT2D eigenvalue weighted by Gasteiger charge is -2.17. The fourth-order valence-electron chi connectivity index (χ4n) is 3.53. The van der Waals surface area contributed by atoms with Gasteiger partial charge in [-0.3, -0.25) is 0 Å². The molecule has 0 saturated carbocycles. The third-order valence-electron chi connectivity index (χ3n) is 4.99. The van der Waals surface area contributed by atoms with Crippen molar-refractivity contribution in [2.45, 2.75) is 26.4 Å². The van der Waals surface area contributed by atoms with Gasteiger partial charge in [0.2, 0.25) is 5.95 Å². The first-order valence-electron chi connectivity index (χ1n) is 10.6. The molecule has 33 heavy (non-hydrogen) atoms. The molecule has 1 aliphatic rings. The molecule has 0 unspecified atom stereocenters. The number of carbonyl (C=O) groups excluding carboxylic acids is 1. The van der Waals surface area contributed by atoms with E-state index in [-0.39, 0.29) is 5.75 Å². The first-order chi connectivity index (χ1) is 15.9. The molecule has 0 atom stereocenters. The van der Waals surface area contributed by atoms with Crippen molar-refractivity contribution >= 4 is 34.9 Å². The van der Waals surface area contributed by atoms with Gasteiger partial charge in [-0.25, -0.2) is 9.78 Å². The summed E-state index contributed by atoms with van der Waals surface area (Å²) in [5.41, 5.74) is 2.54. The zero-order valence-corrected chi connectivity index (χ0v) is 18.0. The molecule has 0 bridgehead atoms. The number of nitrogens with zero attached hydrogens (tertiary/aromatic N) is 3. The molecule has 0 aliphatic carbocycles. The molecular formula is C23H24F2N6O2. The van der Waals surface area contributed by atoms with Gasteiger partial charge in [0.05, 0.1) is 0 Å². The maximum absolute atomic E-state index is 12.3. The Labute approximate surface area is 190 Å². The maximum atomic E-state index is 12.3. The Morgan fingerprint density at radius 3 is 2.39 bits per heavy atom. The number of alkyl halides is 2. The van der Waals surface area contributed by atoms with E-state index < -0.39 is 12.6 Å². The zero-order chi connectivity index (χ0) is 23.2. The van der Waals surface area contributed by atoms with Crippen LogP contribution in [0.15, 0.2) is 54.6 Å². The van der Waals surface area contributed by atoms with Crippen LogP contribution in [-0.2, 0) is 0 Å².